The smallest absolute Gasteiger partial charge is 0.0462 e. The molecule has 1 rings (SSSR count). The largest absolute Gasteiger partial charge is 0.385 e. The van der Waals surface area contributed by atoms with Crippen LogP contribution in [0.25, 0.3) is 0 Å². The number of ether oxygens (including phenoxy) is 1. The number of hydrogen-bond acceptors (Lipinski definition) is 1. The van der Waals surface area contributed by atoms with Crippen LogP contribution in [0.3, 0.4) is 0 Å². The standard InChI is InChI=1S/C14H19Br3O/c1-18-9-5-4-8-14(10-15,11-16)12-6-2-3-7-13(12)17/h2-3,6-7H,4-5,8-11H2,1H3. The van der Waals surface area contributed by atoms with E-state index < -0.39 is 0 Å². The summed E-state index contributed by atoms with van der Waals surface area (Å²) in [5.74, 6) is 0. The number of unbranched alkanes of at least 4 members (excludes halogenated alkanes) is 1. The number of rotatable bonds is 8. The van der Waals surface area contributed by atoms with Gasteiger partial charge in [-0.2, -0.15) is 0 Å². The number of benzene rings is 1. The zero-order valence-corrected chi connectivity index (χ0v) is 15.4. The van der Waals surface area contributed by atoms with Crippen molar-refractivity contribution in [1.29, 1.82) is 0 Å². The summed E-state index contributed by atoms with van der Waals surface area (Å²) in [5, 5.41) is 1.92. The lowest BCUT2D eigenvalue weighted by Gasteiger charge is -2.31. The van der Waals surface area contributed by atoms with Gasteiger partial charge in [-0.3, -0.25) is 0 Å². The van der Waals surface area contributed by atoms with Gasteiger partial charge in [0.15, 0.2) is 0 Å². The van der Waals surface area contributed by atoms with Crippen molar-refractivity contribution in [3.63, 3.8) is 0 Å². The first-order valence-corrected chi connectivity index (χ1v) is 9.09. The van der Waals surface area contributed by atoms with Crippen molar-refractivity contribution in [2.24, 2.45) is 0 Å². The van der Waals surface area contributed by atoms with E-state index in [4.69, 9.17) is 4.74 Å². The monoisotopic (exact) mass is 440 g/mol. The van der Waals surface area contributed by atoms with E-state index in [1.807, 2.05) is 0 Å². The van der Waals surface area contributed by atoms with Crippen molar-refractivity contribution < 1.29 is 4.74 Å². The van der Waals surface area contributed by atoms with E-state index >= 15 is 0 Å². The van der Waals surface area contributed by atoms with E-state index in [9.17, 15) is 0 Å². The van der Waals surface area contributed by atoms with E-state index in [1.165, 1.54) is 16.5 Å². The second-order valence-electron chi connectivity index (χ2n) is 4.48. The Morgan fingerprint density at radius 3 is 2.33 bits per heavy atom. The lowest BCUT2D eigenvalue weighted by Crippen LogP contribution is -2.30. The highest BCUT2D eigenvalue weighted by molar-refractivity contribution is 9.10. The fraction of sp³-hybridized carbons (Fsp3) is 0.571. The van der Waals surface area contributed by atoms with Gasteiger partial charge >= 0.3 is 0 Å². The van der Waals surface area contributed by atoms with Gasteiger partial charge in [-0.15, -0.1) is 0 Å². The van der Waals surface area contributed by atoms with Crippen molar-refractivity contribution in [3.8, 4) is 0 Å². The predicted molar refractivity (Wildman–Crippen MR) is 89.1 cm³/mol. The molecule has 0 unspecified atom stereocenters. The second-order valence-corrected chi connectivity index (χ2v) is 6.45. The average Bonchev–Trinajstić information content (AvgIpc) is 2.41. The summed E-state index contributed by atoms with van der Waals surface area (Å²) in [6.45, 7) is 0.844. The molecule has 18 heavy (non-hydrogen) atoms. The minimum atomic E-state index is 0.147. The highest BCUT2D eigenvalue weighted by atomic mass is 79.9. The minimum absolute atomic E-state index is 0.147. The van der Waals surface area contributed by atoms with Crippen LogP contribution in [0, 0.1) is 0 Å². The van der Waals surface area contributed by atoms with Crippen LogP contribution in [-0.4, -0.2) is 24.4 Å². The molecule has 0 aliphatic carbocycles. The highest BCUT2D eigenvalue weighted by Crippen LogP contribution is 2.38. The predicted octanol–water partition coefficient (Wildman–Crippen LogP) is 5.29. The summed E-state index contributed by atoms with van der Waals surface area (Å²) < 4.78 is 6.31. The maximum atomic E-state index is 5.12. The number of alkyl halides is 2. The Balaban J connectivity index is 2.83. The first kappa shape index (κ1) is 16.7. The molecule has 0 bridgehead atoms. The molecule has 0 N–H and O–H groups in total. The Morgan fingerprint density at radius 2 is 1.78 bits per heavy atom. The van der Waals surface area contributed by atoms with Gasteiger partial charge in [-0.25, -0.2) is 0 Å². The maximum absolute atomic E-state index is 5.12. The molecule has 1 nitrogen and oxygen atoms in total. The SMILES string of the molecule is COCCCCC(CBr)(CBr)c1ccccc1Br. The third kappa shape index (κ3) is 4.32. The molecule has 0 fully saturated rings. The average molecular weight is 443 g/mol. The van der Waals surface area contributed by atoms with Crippen LogP contribution < -0.4 is 0 Å². The molecule has 1 aromatic carbocycles. The summed E-state index contributed by atoms with van der Waals surface area (Å²) in [6.07, 6.45) is 3.44. The van der Waals surface area contributed by atoms with Gasteiger partial charge in [0.2, 0.25) is 0 Å². The summed E-state index contributed by atoms with van der Waals surface area (Å²) in [4.78, 5) is 0. The van der Waals surface area contributed by atoms with Crippen molar-refractivity contribution in [2.45, 2.75) is 24.7 Å². The molecule has 0 saturated carbocycles. The Labute approximate surface area is 135 Å². The first-order chi connectivity index (χ1) is 8.70. The van der Waals surface area contributed by atoms with Gasteiger partial charge < -0.3 is 4.74 Å². The van der Waals surface area contributed by atoms with Crippen molar-refractivity contribution in [2.75, 3.05) is 24.4 Å². The summed E-state index contributed by atoms with van der Waals surface area (Å²) in [6, 6.07) is 8.49. The van der Waals surface area contributed by atoms with E-state index in [-0.39, 0.29) is 5.41 Å². The lowest BCUT2D eigenvalue weighted by atomic mass is 9.80. The van der Waals surface area contributed by atoms with Gasteiger partial charge in [0.1, 0.15) is 0 Å². The summed E-state index contributed by atoms with van der Waals surface area (Å²) >= 11 is 11.1. The highest BCUT2D eigenvalue weighted by Gasteiger charge is 2.31. The molecular formula is C14H19Br3O. The molecule has 0 amide bonds. The third-order valence-corrected chi connectivity index (χ3v) is 6.05. The van der Waals surface area contributed by atoms with E-state index in [0.717, 1.165) is 30.1 Å². The molecule has 0 aliphatic rings. The quantitative estimate of drug-likeness (QED) is 0.392. The summed E-state index contributed by atoms with van der Waals surface area (Å²) in [7, 11) is 1.76. The lowest BCUT2D eigenvalue weighted by molar-refractivity contribution is 0.190. The zero-order chi connectivity index (χ0) is 13.4. The molecule has 0 saturated heterocycles. The Hall–Kier alpha value is 0.620. The van der Waals surface area contributed by atoms with Crippen LogP contribution in [0.5, 0.6) is 0 Å². The Morgan fingerprint density at radius 1 is 1.11 bits per heavy atom. The first-order valence-electron chi connectivity index (χ1n) is 6.06. The molecule has 0 aromatic heterocycles. The van der Waals surface area contributed by atoms with Gasteiger partial charge in [-0.05, 0) is 24.5 Å². The second kappa shape index (κ2) is 8.72. The summed E-state index contributed by atoms with van der Waals surface area (Å²) in [5.41, 5.74) is 1.52. The fourth-order valence-electron chi connectivity index (χ4n) is 2.05. The molecule has 102 valence electrons. The molecule has 1 aromatic rings. The molecule has 0 heterocycles. The third-order valence-electron chi connectivity index (χ3n) is 3.21. The molecule has 0 spiro atoms. The fourth-order valence-corrected chi connectivity index (χ4v) is 4.85. The molecule has 0 aliphatic heterocycles. The van der Waals surface area contributed by atoms with Crippen LogP contribution in [0.2, 0.25) is 0 Å². The van der Waals surface area contributed by atoms with Crippen LogP contribution >= 0.6 is 47.8 Å². The van der Waals surface area contributed by atoms with Crippen LogP contribution in [0.4, 0.5) is 0 Å². The van der Waals surface area contributed by atoms with Crippen LogP contribution in [-0.2, 0) is 10.2 Å². The minimum Gasteiger partial charge on any atom is -0.385 e. The van der Waals surface area contributed by atoms with Crippen LogP contribution in [0.1, 0.15) is 24.8 Å². The van der Waals surface area contributed by atoms with E-state index in [0.29, 0.717) is 0 Å². The normalized spacial score (nSPS) is 11.8. The van der Waals surface area contributed by atoms with E-state index in [2.05, 4.69) is 72.1 Å². The van der Waals surface area contributed by atoms with Crippen molar-refractivity contribution in [3.05, 3.63) is 34.3 Å². The number of halogens is 3. The Bertz CT molecular complexity index is 351. The van der Waals surface area contributed by atoms with Gasteiger partial charge in [-0.1, -0.05) is 72.4 Å². The molecular weight excluding hydrogens is 424 g/mol. The molecule has 0 atom stereocenters. The van der Waals surface area contributed by atoms with Crippen molar-refractivity contribution in [1.82, 2.24) is 0 Å². The maximum Gasteiger partial charge on any atom is 0.0462 e. The number of hydrogen-bond donors (Lipinski definition) is 0. The Kier molecular flexibility index (Phi) is 8.08. The number of methoxy groups -OCH3 is 1. The zero-order valence-electron chi connectivity index (χ0n) is 10.6. The van der Waals surface area contributed by atoms with E-state index in [1.54, 1.807) is 7.11 Å². The van der Waals surface area contributed by atoms with Crippen molar-refractivity contribution >= 4 is 47.8 Å². The van der Waals surface area contributed by atoms with Gasteiger partial charge in [0.05, 0.1) is 0 Å². The van der Waals surface area contributed by atoms with Gasteiger partial charge in [0.25, 0.3) is 0 Å². The molecule has 0 radical (unpaired) electrons. The van der Waals surface area contributed by atoms with Crippen LogP contribution in [0.15, 0.2) is 28.7 Å². The topological polar surface area (TPSA) is 9.23 Å². The van der Waals surface area contributed by atoms with Gasteiger partial charge in [0, 0.05) is 34.3 Å². The molecule has 4 heteroatoms.